The van der Waals surface area contributed by atoms with Gasteiger partial charge in [0.2, 0.25) is 10.0 Å². The van der Waals surface area contributed by atoms with Crippen molar-refractivity contribution in [2.45, 2.75) is 42.0 Å². The zero-order chi connectivity index (χ0) is 15.8. The van der Waals surface area contributed by atoms with Crippen LogP contribution in [0.2, 0.25) is 10.0 Å². The summed E-state index contributed by atoms with van der Waals surface area (Å²) in [6.45, 7) is 0. The molecular formula is C13H15BrCl3NO2S. The monoisotopic (exact) mass is 433 g/mol. The number of alkyl halides is 1. The van der Waals surface area contributed by atoms with Gasteiger partial charge in [0.05, 0.1) is 15.4 Å². The first-order valence-corrected chi connectivity index (χ1v) is 9.94. The minimum atomic E-state index is -3.79. The average Bonchev–Trinajstić information content (AvgIpc) is 2.36. The summed E-state index contributed by atoms with van der Waals surface area (Å²) < 4.78 is 27.6. The first kappa shape index (κ1) is 17.8. The molecule has 1 saturated carbocycles. The van der Waals surface area contributed by atoms with Gasteiger partial charge in [-0.15, -0.1) is 11.6 Å². The number of sulfonamides is 1. The van der Waals surface area contributed by atoms with E-state index in [1.54, 1.807) is 0 Å². The zero-order valence-electron chi connectivity index (χ0n) is 11.3. The van der Waals surface area contributed by atoms with Crippen LogP contribution in [0.15, 0.2) is 21.5 Å². The summed E-state index contributed by atoms with van der Waals surface area (Å²) in [5.74, 6) is 0. The Morgan fingerprint density at radius 3 is 2.24 bits per heavy atom. The highest BCUT2D eigenvalue weighted by molar-refractivity contribution is 9.10. The predicted molar refractivity (Wildman–Crippen MR) is 91.0 cm³/mol. The van der Waals surface area contributed by atoms with Gasteiger partial charge < -0.3 is 0 Å². The Balaban J connectivity index is 2.42. The summed E-state index contributed by atoms with van der Waals surface area (Å²) in [5.41, 5.74) is 0. The standard InChI is InChI=1S/C13H15BrCl3NO2S/c1-18(12-5-3-2-4-9(12)15)21(19,20)13-10(16)6-8(14)7-11(13)17/h6-7,9,12H,2-5H2,1H3. The van der Waals surface area contributed by atoms with E-state index in [0.29, 0.717) is 4.47 Å². The second-order valence-electron chi connectivity index (χ2n) is 5.09. The molecule has 0 spiro atoms. The van der Waals surface area contributed by atoms with Gasteiger partial charge in [-0.1, -0.05) is 52.0 Å². The lowest BCUT2D eigenvalue weighted by atomic mass is 9.95. The molecule has 0 aliphatic heterocycles. The third-order valence-corrected chi connectivity index (χ3v) is 7.49. The number of hydrogen-bond acceptors (Lipinski definition) is 2. The van der Waals surface area contributed by atoms with Crippen molar-refractivity contribution in [1.82, 2.24) is 4.31 Å². The topological polar surface area (TPSA) is 37.4 Å². The molecule has 0 aromatic heterocycles. The molecule has 21 heavy (non-hydrogen) atoms. The van der Waals surface area contributed by atoms with E-state index in [1.807, 2.05) is 0 Å². The minimum absolute atomic E-state index is 0.0639. The molecule has 8 heteroatoms. The number of hydrogen-bond donors (Lipinski definition) is 0. The highest BCUT2D eigenvalue weighted by Gasteiger charge is 2.36. The fourth-order valence-corrected chi connectivity index (χ4v) is 6.39. The van der Waals surface area contributed by atoms with Crippen molar-refractivity contribution in [2.24, 2.45) is 0 Å². The predicted octanol–water partition coefficient (Wildman–Crippen LogP) is 4.93. The van der Waals surface area contributed by atoms with Crippen molar-refractivity contribution in [3.63, 3.8) is 0 Å². The van der Waals surface area contributed by atoms with Gasteiger partial charge >= 0.3 is 0 Å². The normalized spacial score (nSPS) is 23.5. The van der Waals surface area contributed by atoms with E-state index in [1.165, 1.54) is 23.5 Å². The molecule has 3 nitrogen and oxygen atoms in total. The highest BCUT2D eigenvalue weighted by atomic mass is 79.9. The minimum Gasteiger partial charge on any atom is -0.207 e. The molecule has 0 heterocycles. The Bertz CT molecular complexity index is 615. The molecular weight excluding hydrogens is 420 g/mol. The van der Waals surface area contributed by atoms with Crippen LogP contribution >= 0.6 is 50.7 Å². The van der Waals surface area contributed by atoms with E-state index < -0.39 is 10.0 Å². The van der Waals surface area contributed by atoms with Crippen molar-refractivity contribution in [3.05, 3.63) is 26.7 Å². The van der Waals surface area contributed by atoms with E-state index in [2.05, 4.69) is 15.9 Å². The summed E-state index contributed by atoms with van der Waals surface area (Å²) in [6.07, 6.45) is 3.55. The fraction of sp³-hybridized carbons (Fsp3) is 0.538. The van der Waals surface area contributed by atoms with Crippen LogP contribution in [0.4, 0.5) is 0 Å². The van der Waals surface area contributed by atoms with Crippen molar-refractivity contribution in [1.29, 1.82) is 0 Å². The van der Waals surface area contributed by atoms with Gasteiger partial charge in [-0.2, -0.15) is 4.31 Å². The largest absolute Gasteiger partial charge is 0.246 e. The Labute approximate surface area is 148 Å². The van der Waals surface area contributed by atoms with Crippen molar-refractivity contribution in [3.8, 4) is 0 Å². The van der Waals surface area contributed by atoms with Crippen LogP contribution in [0.1, 0.15) is 25.7 Å². The average molecular weight is 436 g/mol. The number of nitrogens with zero attached hydrogens (tertiary/aromatic N) is 1. The number of halogens is 4. The van der Waals surface area contributed by atoms with Crippen LogP contribution < -0.4 is 0 Å². The van der Waals surface area contributed by atoms with Gasteiger partial charge in [-0.05, 0) is 25.0 Å². The second kappa shape index (κ2) is 6.93. The van der Waals surface area contributed by atoms with Gasteiger partial charge in [0.1, 0.15) is 4.90 Å². The Morgan fingerprint density at radius 1 is 1.19 bits per heavy atom. The third-order valence-electron chi connectivity index (χ3n) is 3.71. The molecule has 0 bridgehead atoms. The van der Waals surface area contributed by atoms with Crippen LogP contribution in [0.5, 0.6) is 0 Å². The van der Waals surface area contributed by atoms with Gasteiger partial charge in [0.25, 0.3) is 0 Å². The van der Waals surface area contributed by atoms with Gasteiger partial charge in [-0.3, -0.25) is 0 Å². The maximum absolute atomic E-state index is 12.8. The molecule has 1 fully saturated rings. The summed E-state index contributed by atoms with van der Waals surface area (Å²) >= 11 is 21.7. The maximum atomic E-state index is 12.8. The zero-order valence-corrected chi connectivity index (χ0v) is 16.0. The van der Waals surface area contributed by atoms with Crippen molar-refractivity contribution in [2.75, 3.05) is 7.05 Å². The van der Waals surface area contributed by atoms with E-state index in [9.17, 15) is 8.42 Å². The van der Waals surface area contributed by atoms with E-state index in [-0.39, 0.29) is 26.4 Å². The number of benzene rings is 1. The summed E-state index contributed by atoms with van der Waals surface area (Å²) in [6, 6.07) is 2.81. The lowest BCUT2D eigenvalue weighted by Gasteiger charge is -2.34. The molecule has 0 radical (unpaired) electrons. The van der Waals surface area contributed by atoms with Crippen molar-refractivity contribution >= 4 is 60.8 Å². The van der Waals surface area contributed by atoms with Crippen LogP contribution in [0.25, 0.3) is 0 Å². The SMILES string of the molecule is CN(C1CCCCC1Cl)S(=O)(=O)c1c(Cl)cc(Br)cc1Cl. The smallest absolute Gasteiger partial charge is 0.207 e. The third kappa shape index (κ3) is 3.70. The molecule has 2 rings (SSSR count). The molecule has 1 aromatic rings. The Kier molecular flexibility index (Phi) is 5.89. The summed E-state index contributed by atoms with van der Waals surface area (Å²) in [7, 11) is -2.25. The molecule has 2 unspecified atom stereocenters. The first-order chi connectivity index (χ1) is 9.75. The molecule has 0 saturated heterocycles. The van der Waals surface area contributed by atoms with E-state index in [0.717, 1.165) is 25.7 Å². The Morgan fingerprint density at radius 2 is 1.71 bits per heavy atom. The van der Waals surface area contributed by atoms with Crippen LogP contribution in [0, 0.1) is 0 Å². The lowest BCUT2D eigenvalue weighted by Crippen LogP contribution is -2.44. The van der Waals surface area contributed by atoms with Gasteiger partial charge in [-0.25, -0.2) is 8.42 Å². The van der Waals surface area contributed by atoms with E-state index >= 15 is 0 Å². The van der Waals surface area contributed by atoms with Crippen molar-refractivity contribution < 1.29 is 8.42 Å². The lowest BCUT2D eigenvalue weighted by molar-refractivity contribution is 0.291. The molecule has 118 valence electrons. The van der Waals surface area contributed by atoms with Gasteiger partial charge in [0, 0.05) is 17.6 Å². The van der Waals surface area contributed by atoms with Crippen LogP contribution in [-0.2, 0) is 10.0 Å². The molecule has 0 N–H and O–H groups in total. The maximum Gasteiger partial charge on any atom is 0.246 e. The second-order valence-corrected chi connectivity index (χ2v) is 9.31. The van der Waals surface area contributed by atoms with E-state index in [4.69, 9.17) is 34.8 Å². The van der Waals surface area contributed by atoms with Gasteiger partial charge in [0.15, 0.2) is 0 Å². The first-order valence-electron chi connectivity index (χ1n) is 6.52. The number of rotatable bonds is 3. The molecule has 1 aliphatic rings. The molecule has 2 atom stereocenters. The highest BCUT2D eigenvalue weighted by Crippen LogP contribution is 2.37. The molecule has 1 aliphatic carbocycles. The summed E-state index contributed by atoms with van der Waals surface area (Å²) in [5, 5.41) is 0.0119. The Hall–Kier alpha value is 0.480. The van der Waals surface area contributed by atoms with Crippen LogP contribution in [-0.4, -0.2) is 31.2 Å². The molecule has 0 amide bonds. The molecule has 1 aromatic carbocycles. The van der Waals surface area contributed by atoms with Crippen LogP contribution in [0.3, 0.4) is 0 Å². The quantitative estimate of drug-likeness (QED) is 0.632. The summed E-state index contributed by atoms with van der Waals surface area (Å²) in [4.78, 5) is -0.0639. The fourth-order valence-electron chi connectivity index (χ4n) is 2.57.